The van der Waals surface area contributed by atoms with Crippen LogP contribution in [-0.4, -0.2) is 39.5 Å². The molecule has 8 nitrogen and oxygen atoms in total. The number of methoxy groups -OCH3 is 3. The first-order chi connectivity index (χ1) is 14.5. The van der Waals surface area contributed by atoms with Crippen molar-refractivity contribution < 1.29 is 28.2 Å². The number of benzene rings is 1. The largest absolute Gasteiger partial charge is 0.465 e. The minimum Gasteiger partial charge on any atom is -0.465 e. The van der Waals surface area contributed by atoms with E-state index in [4.69, 9.17) is 29.1 Å². The quantitative estimate of drug-likeness (QED) is 0.602. The van der Waals surface area contributed by atoms with Gasteiger partial charge in [0.05, 0.1) is 24.0 Å². The molecule has 0 amide bonds. The third-order valence-corrected chi connectivity index (χ3v) is 5.30. The van der Waals surface area contributed by atoms with Gasteiger partial charge in [0.15, 0.2) is 5.75 Å². The SMILES string of the molecule is COC(=O)C1=C(N)Oc2c(c(=O)oc3ccccc23)[C@H]1C1=C[C@@H](OC)[C@@H](OC)C=C1. The summed E-state index contributed by atoms with van der Waals surface area (Å²) in [6, 6.07) is 6.96. The molecule has 1 aliphatic carbocycles. The zero-order valence-corrected chi connectivity index (χ0v) is 16.7. The van der Waals surface area contributed by atoms with Crippen LogP contribution in [0.2, 0.25) is 0 Å². The first kappa shape index (κ1) is 19.9. The Balaban J connectivity index is 1.99. The van der Waals surface area contributed by atoms with Gasteiger partial charge in [-0.3, -0.25) is 0 Å². The average molecular weight is 411 g/mol. The molecule has 0 bridgehead atoms. The monoisotopic (exact) mass is 411 g/mol. The van der Waals surface area contributed by atoms with Gasteiger partial charge in [-0.25, -0.2) is 9.59 Å². The number of esters is 1. The maximum Gasteiger partial charge on any atom is 0.344 e. The maximum absolute atomic E-state index is 13.0. The minimum absolute atomic E-state index is 0.0224. The minimum atomic E-state index is -0.853. The van der Waals surface area contributed by atoms with Gasteiger partial charge in [0.2, 0.25) is 5.88 Å². The van der Waals surface area contributed by atoms with Crippen LogP contribution in [0.5, 0.6) is 5.75 Å². The highest BCUT2D eigenvalue weighted by atomic mass is 16.5. The van der Waals surface area contributed by atoms with Crippen LogP contribution >= 0.6 is 0 Å². The number of ether oxygens (including phenoxy) is 4. The van der Waals surface area contributed by atoms with Crippen molar-refractivity contribution >= 4 is 16.9 Å². The first-order valence-electron chi connectivity index (χ1n) is 9.27. The van der Waals surface area contributed by atoms with Gasteiger partial charge in [0.1, 0.15) is 23.4 Å². The number of para-hydroxylation sites is 1. The second kappa shape index (κ2) is 7.81. The highest BCUT2D eigenvalue weighted by molar-refractivity contribution is 5.94. The summed E-state index contributed by atoms with van der Waals surface area (Å²) in [5.74, 6) is -1.43. The van der Waals surface area contributed by atoms with Gasteiger partial charge in [-0.05, 0) is 23.8 Å². The molecule has 0 saturated heterocycles. The molecule has 0 fully saturated rings. The molecule has 0 spiro atoms. The van der Waals surface area contributed by atoms with E-state index in [0.29, 0.717) is 16.5 Å². The molecule has 2 aromatic rings. The van der Waals surface area contributed by atoms with E-state index in [1.165, 1.54) is 7.11 Å². The topological polar surface area (TPSA) is 110 Å². The molecule has 3 atom stereocenters. The molecular formula is C22H21NO7. The molecular weight excluding hydrogens is 390 g/mol. The second-order valence-corrected chi connectivity index (χ2v) is 6.86. The van der Waals surface area contributed by atoms with Crippen molar-refractivity contribution in [3.8, 4) is 5.75 Å². The van der Waals surface area contributed by atoms with Gasteiger partial charge in [0, 0.05) is 14.2 Å². The second-order valence-electron chi connectivity index (χ2n) is 6.86. The summed E-state index contributed by atoms with van der Waals surface area (Å²) in [6.07, 6.45) is 4.63. The molecule has 8 heteroatoms. The fourth-order valence-corrected chi connectivity index (χ4v) is 3.87. The van der Waals surface area contributed by atoms with Crippen molar-refractivity contribution in [1.29, 1.82) is 0 Å². The molecule has 30 heavy (non-hydrogen) atoms. The van der Waals surface area contributed by atoms with Crippen molar-refractivity contribution in [2.45, 2.75) is 18.1 Å². The molecule has 4 rings (SSSR count). The van der Waals surface area contributed by atoms with E-state index in [-0.39, 0.29) is 28.9 Å². The number of hydrogen-bond acceptors (Lipinski definition) is 8. The van der Waals surface area contributed by atoms with E-state index in [2.05, 4.69) is 0 Å². The van der Waals surface area contributed by atoms with Gasteiger partial charge in [-0.2, -0.15) is 0 Å². The molecule has 2 aliphatic rings. The lowest BCUT2D eigenvalue weighted by atomic mass is 9.80. The molecule has 1 aliphatic heterocycles. The fraction of sp³-hybridized carbons (Fsp3) is 0.273. The number of hydrogen-bond donors (Lipinski definition) is 1. The molecule has 1 aromatic carbocycles. The molecule has 0 radical (unpaired) electrons. The van der Waals surface area contributed by atoms with E-state index >= 15 is 0 Å². The van der Waals surface area contributed by atoms with Crippen LogP contribution < -0.4 is 16.1 Å². The van der Waals surface area contributed by atoms with Crippen molar-refractivity contribution in [3.05, 3.63) is 75.5 Å². The molecule has 1 aromatic heterocycles. The number of fused-ring (bicyclic) bond motifs is 3. The molecule has 156 valence electrons. The van der Waals surface area contributed by atoms with Crippen molar-refractivity contribution in [2.75, 3.05) is 21.3 Å². The Morgan fingerprint density at radius 1 is 1.10 bits per heavy atom. The van der Waals surface area contributed by atoms with Crippen molar-refractivity contribution in [1.82, 2.24) is 0 Å². The summed E-state index contributed by atoms with van der Waals surface area (Å²) in [7, 11) is 4.36. The Labute approximate surface area is 172 Å². The van der Waals surface area contributed by atoms with Crippen LogP contribution in [0.4, 0.5) is 0 Å². The lowest BCUT2D eigenvalue weighted by Crippen LogP contribution is -2.34. The predicted molar refractivity (Wildman–Crippen MR) is 108 cm³/mol. The van der Waals surface area contributed by atoms with Crippen LogP contribution in [0, 0.1) is 0 Å². The van der Waals surface area contributed by atoms with E-state index in [9.17, 15) is 9.59 Å². The van der Waals surface area contributed by atoms with Crippen LogP contribution in [0.25, 0.3) is 11.0 Å². The summed E-state index contributed by atoms with van der Waals surface area (Å²) in [5, 5.41) is 0.572. The number of rotatable bonds is 4. The lowest BCUT2D eigenvalue weighted by molar-refractivity contribution is -0.136. The Morgan fingerprint density at radius 2 is 1.83 bits per heavy atom. The number of carbonyl (C=O) groups is 1. The summed E-state index contributed by atoms with van der Waals surface area (Å²) in [6.45, 7) is 0. The Kier molecular flexibility index (Phi) is 5.19. The molecule has 0 saturated carbocycles. The fourth-order valence-electron chi connectivity index (χ4n) is 3.87. The maximum atomic E-state index is 13.0. The van der Waals surface area contributed by atoms with Gasteiger partial charge >= 0.3 is 11.6 Å². The summed E-state index contributed by atoms with van der Waals surface area (Å²) >= 11 is 0. The van der Waals surface area contributed by atoms with E-state index in [1.54, 1.807) is 56.7 Å². The summed E-state index contributed by atoms with van der Waals surface area (Å²) in [4.78, 5) is 25.6. The third kappa shape index (κ3) is 3.10. The van der Waals surface area contributed by atoms with E-state index in [0.717, 1.165) is 0 Å². The Morgan fingerprint density at radius 3 is 2.53 bits per heavy atom. The van der Waals surface area contributed by atoms with Gasteiger partial charge in [0.25, 0.3) is 0 Å². The summed E-state index contributed by atoms with van der Waals surface area (Å²) < 4.78 is 27.1. The zero-order valence-electron chi connectivity index (χ0n) is 16.7. The van der Waals surface area contributed by atoms with Crippen LogP contribution in [0.1, 0.15) is 11.5 Å². The van der Waals surface area contributed by atoms with Crippen LogP contribution in [-0.2, 0) is 19.0 Å². The van der Waals surface area contributed by atoms with Gasteiger partial charge in [-0.15, -0.1) is 0 Å². The number of nitrogens with two attached hydrogens (primary N) is 1. The Hall–Kier alpha value is -3.36. The summed E-state index contributed by atoms with van der Waals surface area (Å²) in [5.41, 5.74) is 6.69. The average Bonchev–Trinajstić information content (AvgIpc) is 2.77. The standard InChI is InChI=1S/C22H21NO7/c1-26-14-9-8-11(10-15(14)27-2)16-17-19(30-20(23)18(16)21(24)28-3)12-6-4-5-7-13(12)29-22(17)25/h4-10,14-16H,23H2,1-3H3/t14-,15+,16+/m0/s1. The number of allylic oxidation sites excluding steroid dienone is 2. The van der Waals surface area contributed by atoms with Gasteiger partial charge in [-0.1, -0.05) is 24.3 Å². The normalized spacial score (nSPS) is 23.0. The van der Waals surface area contributed by atoms with Crippen LogP contribution in [0.15, 0.2) is 68.7 Å². The molecule has 2 N–H and O–H groups in total. The highest BCUT2D eigenvalue weighted by Gasteiger charge is 2.40. The lowest BCUT2D eigenvalue weighted by Gasteiger charge is -2.31. The van der Waals surface area contributed by atoms with E-state index < -0.39 is 23.6 Å². The smallest absolute Gasteiger partial charge is 0.344 e. The van der Waals surface area contributed by atoms with Crippen LogP contribution in [0.3, 0.4) is 0 Å². The van der Waals surface area contributed by atoms with Gasteiger partial charge < -0.3 is 29.1 Å². The van der Waals surface area contributed by atoms with E-state index in [1.807, 2.05) is 0 Å². The van der Waals surface area contributed by atoms with Crippen molar-refractivity contribution in [2.24, 2.45) is 5.73 Å². The van der Waals surface area contributed by atoms with Crippen molar-refractivity contribution in [3.63, 3.8) is 0 Å². The molecule has 0 unspecified atom stereocenters. The zero-order chi connectivity index (χ0) is 21.4. The first-order valence-corrected chi connectivity index (χ1v) is 9.27. The third-order valence-electron chi connectivity index (χ3n) is 5.30. The molecule has 2 heterocycles. The Bertz CT molecular complexity index is 1160. The highest BCUT2D eigenvalue weighted by Crippen LogP contribution is 2.45. The number of carbonyl (C=O) groups excluding carboxylic acids is 1. The predicted octanol–water partition coefficient (Wildman–Crippen LogP) is 2.14.